The molecular formula is C22H27BrN2O3. The molecule has 0 fully saturated rings. The number of carbonyl (C=O) groups is 2. The first-order valence-corrected chi connectivity index (χ1v) is 10.1. The fourth-order valence-electron chi connectivity index (χ4n) is 2.87. The highest BCUT2D eigenvalue weighted by molar-refractivity contribution is 9.10. The molecule has 0 saturated heterocycles. The Hall–Kier alpha value is -2.34. The summed E-state index contributed by atoms with van der Waals surface area (Å²) in [6.07, 6.45) is 0.922. The zero-order valence-electron chi connectivity index (χ0n) is 16.8. The van der Waals surface area contributed by atoms with Crippen LogP contribution in [0.15, 0.2) is 46.9 Å². The zero-order valence-corrected chi connectivity index (χ0v) is 18.4. The normalized spacial score (nSPS) is 11.6. The number of carbonyl (C=O) groups excluding carboxylic acids is 2. The Morgan fingerprint density at radius 3 is 2.54 bits per heavy atom. The number of benzene rings is 2. The Morgan fingerprint density at radius 2 is 1.93 bits per heavy atom. The molecule has 0 spiro atoms. The summed E-state index contributed by atoms with van der Waals surface area (Å²) in [5.74, 6) is 0.148. The smallest absolute Gasteiger partial charge is 0.261 e. The highest BCUT2D eigenvalue weighted by Gasteiger charge is 2.26. The van der Waals surface area contributed by atoms with Crippen LogP contribution in [0.1, 0.15) is 30.5 Å². The van der Waals surface area contributed by atoms with Gasteiger partial charge in [-0.3, -0.25) is 9.59 Å². The second kappa shape index (κ2) is 10.3. The summed E-state index contributed by atoms with van der Waals surface area (Å²) in [7, 11) is 1.57. The van der Waals surface area contributed by atoms with Gasteiger partial charge in [0, 0.05) is 13.6 Å². The standard InChI is InChI=1S/C22H27BrN2O3/c1-5-17-10-11-20(19(23)12-17)28-14-21(26)25(16(3)22(27)24-4)13-18-9-7-6-8-15(18)2/h6-12,16H,5,13-14H2,1-4H3,(H,24,27)/t16-/m0/s1. The molecule has 0 bridgehead atoms. The molecule has 6 heteroatoms. The van der Waals surface area contributed by atoms with Crippen molar-refractivity contribution in [2.75, 3.05) is 13.7 Å². The molecule has 0 aliphatic carbocycles. The maximum atomic E-state index is 12.9. The van der Waals surface area contributed by atoms with Crippen LogP contribution in [0, 0.1) is 6.92 Å². The van der Waals surface area contributed by atoms with Gasteiger partial charge in [-0.2, -0.15) is 0 Å². The van der Waals surface area contributed by atoms with E-state index in [2.05, 4.69) is 28.2 Å². The summed E-state index contributed by atoms with van der Waals surface area (Å²) >= 11 is 3.49. The first-order valence-electron chi connectivity index (χ1n) is 9.34. The Morgan fingerprint density at radius 1 is 1.21 bits per heavy atom. The van der Waals surface area contributed by atoms with Crippen LogP contribution in [0.25, 0.3) is 0 Å². The van der Waals surface area contributed by atoms with Gasteiger partial charge in [0.1, 0.15) is 11.8 Å². The lowest BCUT2D eigenvalue weighted by molar-refractivity contribution is -0.142. The second-order valence-electron chi connectivity index (χ2n) is 6.65. The third-order valence-electron chi connectivity index (χ3n) is 4.77. The molecule has 0 aromatic heterocycles. The van der Waals surface area contributed by atoms with Crippen LogP contribution >= 0.6 is 15.9 Å². The third kappa shape index (κ3) is 5.58. The molecule has 1 N–H and O–H groups in total. The lowest BCUT2D eigenvalue weighted by Gasteiger charge is -2.29. The number of ether oxygens (including phenoxy) is 1. The summed E-state index contributed by atoms with van der Waals surface area (Å²) < 4.78 is 6.55. The van der Waals surface area contributed by atoms with Crippen LogP contribution in [0.4, 0.5) is 0 Å². The van der Waals surface area contributed by atoms with E-state index in [1.807, 2.05) is 49.4 Å². The van der Waals surface area contributed by atoms with E-state index in [9.17, 15) is 9.59 Å². The number of hydrogen-bond donors (Lipinski definition) is 1. The van der Waals surface area contributed by atoms with Gasteiger partial charge in [-0.05, 0) is 65.0 Å². The summed E-state index contributed by atoms with van der Waals surface area (Å²) in [5.41, 5.74) is 3.25. The van der Waals surface area contributed by atoms with E-state index in [1.54, 1.807) is 18.9 Å². The summed E-state index contributed by atoms with van der Waals surface area (Å²) in [5, 5.41) is 2.61. The second-order valence-corrected chi connectivity index (χ2v) is 7.50. The molecule has 0 aliphatic heterocycles. The van der Waals surface area contributed by atoms with E-state index in [0.29, 0.717) is 12.3 Å². The maximum Gasteiger partial charge on any atom is 0.261 e. The molecule has 0 saturated carbocycles. The number of likely N-dealkylation sites (N-methyl/N-ethyl adjacent to an activating group) is 1. The minimum atomic E-state index is -0.605. The first-order chi connectivity index (χ1) is 13.4. The minimum Gasteiger partial charge on any atom is -0.483 e. The highest BCUT2D eigenvalue weighted by Crippen LogP contribution is 2.26. The molecule has 5 nitrogen and oxygen atoms in total. The average molecular weight is 447 g/mol. The molecule has 0 unspecified atom stereocenters. The Kier molecular flexibility index (Phi) is 8.05. The van der Waals surface area contributed by atoms with Crippen molar-refractivity contribution < 1.29 is 14.3 Å². The van der Waals surface area contributed by atoms with Gasteiger partial charge in [0.05, 0.1) is 4.47 Å². The summed E-state index contributed by atoms with van der Waals surface area (Å²) in [6, 6.07) is 13.0. The van der Waals surface area contributed by atoms with Crippen molar-refractivity contribution in [2.24, 2.45) is 0 Å². The zero-order chi connectivity index (χ0) is 20.7. The van der Waals surface area contributed by atoms with Crippen molar-refractivity contribution in [1.29, 1.82) is 0 Å². The fourth-order valence-corrected chi connectivity index (χ4v) is 3.41. The predicted octanol–water partition coefficient (Wildman–Crippen LogP) is 3.86. The number of rotatable bonds is 8. The van der Waals surface area contributed by atoms with Crippen molar-refractivity contribution in [1.82, 2.24) is 10.2 Å². The van der Waals surface area contributed by atoms with E-state index >= 15 is 0 Å². The molecule has 2 aromatic rings. The number of nitrogens with zero attached hydrogens (tertiary/aromatic N) is 1. The molecule has 150 valence electrons. The largest absolute Gasteiger partial charge is 0.483 e. The van der Waals surface area contributed by atoms with Crippen LogP contribution in [0.5, 0.6) is 5.75 Å². The van der Waals surface area contributed by atoms with Gasteiger partial charge in [-0.1, -0.05) is 37.3 Å². The number of amides is 2. The van der Waals surface area contributed by atoms with E-state index in [4.69, 9.17) is 4.74 Å². The molecule has 0 aliphatic rings. The predicted molar refractivity (Wildman–Crippen MR) is 114 cm³/mol. The van der Waals surface area contributed by atoms with E-state index in [0.717, 1.165) is 22.0 Å². The minimum absolute atomic E-state index is 0.142. The average Bonchev–Trinajstić information content (AvgIpc) is 2.70. The number of nitrogens with one attached hydrogen (secondary N) is 1. The molecule has 0 heterocycles. The number of halogens is 1. The van der Waals surface area contributed by atoms with Gasteiger partial charge in [0.25, 0.3) is 5.91 Å². The molecule has 1 atom stereocenters. The monoisotopic (exact) mass is 446 g/mol. The first kappa shape index (κ1) is 22.0. The molecule has 2 amide bonds. The molecule has 2 aromatic carbocycles. The molecular weight excluding hydrogens is 420 g/mol. The summed E-state index contributed by atoms with van der Waals surface area (Å²) in [4.78, 5) is 26.7. The highest BCUT2D eigenvalue weighted by atomic mass is 79.9. The third-order valence-corrected chi connectivity index (χ3v) is 5.39. The van der Waals surface area contributed by atoms with Crippen LogP contribution in [0.2, 0.25) is 0 Å². The van der Waals surface area contributed by atoms with Gasteiger partial charge in [-0.25, -0.2) is 0 Å². The van der Waals surface area contributed by atoms with Gasteiger partial charge >= 0.3 is 0 Å². The topological polar surface area (TPSA) is 58.6 Å². The van der Waals surface area contributed by atoms with Crippen molar-refractivity contribution in [3.63, 3.8) is 0 Å². The SMILES string of the molecule is CCc1ccc(OCC(=O)N(Cc2ccccc2C)[C@@H](C)C(=O)NC)c(Br)c1. The fraction of sp³-hybridized carbons (Fsp3) is 0.364. The molecule has 28 heavy (non-hydrogen) atoms. The van der Waals surface area contributed by atoms with Crippen molar-refractivity contribution in [2.45, 2.75) is 39.8 Å². The number of aryl methyl sites for hydroxylation is 2. The Bertz CT molecular complexity index is 838. The van der Waals surface area contributed by atoms with E-state index in [-0.39, 0.29) is 18.4 Å². The van der Waals surface area contributed by atoms with Gasteiger partial charge in [0.2, 0.25) is 5.91 Å². The molecule has 2 rings (SSSR count). The van der Waals surface area contributed by atoms with Crippen LogP contribution in [-0.4, -0.2) is 36.4 Å². The molecule has 0 radical (unpaired) electrons. The van der Waals surface area contributed by atoms with Gasteiger partial charge in [-0.15, -0.1) is 0 Å². The number of hydrogen-bond acceptors (Lipinski definition) is 3. The Balaban J connectivity index is 2.16. The van der Waals surface area contributed by atoms with Crippen LogP contribution in [0.3, 0.4) is 0 Å². The quantitative estimate of drug-likeness (QED) is 0.669. The van der Waals surface area contributed by atoms with Crippen molar-refractivity contribution in [3.05, 3.63) is 63.6 Å². The Labute approximate surface area is 175 Å². The van der Waals surface area contributed by atoms with Crippen molar-refractivity contribution in [3.8, 4) is 5.75 Å². The van der Waals surface area contributed by atoms with E-state index < -0.39 is 6.04 Å². The lowest BCUT2D eigenvalue weighted by atomic mass is 10.1. The summed E-state index contributed by atoms with van der Waals surface area (Å²) in [6.45, 7) is 6.00. The maximum absolute atomic E-state index is 12.9. The van der Waals surface area contributed by atoms with Gasteiger partial charge in [0.15, 0.2) is 6.61 Å². The van der Waals surface area contributed by atoms with Crippen molar-refractivity contribution >= 4 is 27.7 Å². The van der Waals surface area contributed by atoms with Gasteiger partial charge < -0.3 is 15.0 Å². The van der Waals surface area contributed by atoms with E-state index in [1.165, 1.54) is 5.56 Å². The van der Waals surface area contributed by atoms with Crippen LogP contribution < -0.4 is 10.1 Å². The lowest BCUT2D eigenvalue weighted by Crippen LogP contribution is -2.48. The van der Waals surface area contributed by atoms with Crippen LogP contribution in [-0.2, 0) is 22.6 Å².